The van der Waals surface area contributed by atoms with Crippen LogP contribution in [0.3, 0.4) is 0 Å². The second-order valence-corrected chi connectivity index (χ2v) is 7.25. The molecule has 194 valence electrons. The van der Waals surface area contributed by atoms with E-state index in [2.05, 4.69) is 30.7 Å². The van der Waals surface area contributed by atoms with E-state index in [9.17, 15) is 22.8 Å². The van der Waals surface area contributed by atoms with Crippen molar-refractivity contribution >= 4 is 23.3 Å². The molecule has 4 rings (SSSR count). The summed E-state index contributed by atoms with van der Waals surface area (Å²) < 4.78 is 43.9. The summed E-state index contributed by atoms with van der Waals surface area (Å²) in [6.07, 6.45) is 0.846. The van der Waals surface area contributed by atoms with Crippen LogP contribution in [-0.4, -0.2) is 49.3 Å². The summed E-state index contributed by atoms with van der Waals surface area (Å²) in [5, 5.41) is 8.76. The minimum Gasteiger partial charge on any atom is -0.444 e. The Morgan fingerprint density at radius 2 is 1.92 bits per heavy atom. The van der Waals surface area contributed by atoms with Crippen molar-refractivity contribution in [3.63, 3.8) is 0 Å². The van der Waals surface area contributed by atoms with Crippen LogP contribution >= 0.6 is 0 Å². The van der Waals surface area contributed by atoms with Crippen LogP contribution in [0.1, 0.15) is 40.5 Å². The summed E-state index contributed by atoms with van der Waals surface area (Å²) in [6.45, 7) is 4.54. The number of primary amides is 1. The predicted octanol–water partition coefficient (Wildman–Crippen LogP) is 3.98. The molecule has 0 unspecified atom stereocenters. The predicted molar refractivity (Wildman–Crippen MR) is 128 cm³/mol. The van der Waals surface area contributed by atoms with Crippen molar-refractivity contribution in [1.82, 2.24) is 24.7 Å². The zero-order chi connectivity index (χ0) is 27.2. The number of alkyl halides is 3. The van der Waals surface area contributed by atoms with E-state index in [1.807, 2.05) is 20.8 Å². The number of carbonyl (C=O) groups is 2. The van der Waals surface area contributed by atoms with Gasteiger partial charge in [0.1, 0.15) is 18.6 Å². The lowest BCUT2D eigenvalue weighted by atomic mass is 10.2. The molecule has 0 aliphatic carbocycles. The van der Waals surface area contributed by atoms with Gasteiger partial charge in [-0.1, -0.05) is 13.8 Å². The highest BCUT2D eigenvalue weighted by molar-refractivity contribution is 6.07. The summed E-state index contributed by atoms with van der Waals surface area (Å²) in [4.78, 5) is 36.6. The van der Waals surface area contributed by atoms with E-state index in [4.69, 9.17) is 10.2 Å². The van der Waals surface area contributed by atoms with Gasteiger partial charge in [0, 0.05) is 17.5 Å². The smallest absolute Gasteiger partial charge is 0.405 e. The van der Waals surface area contributed by atoms with E-state index in [0.717, 1.165) is 12.0 Å². The van der Waals surface area contributed by atoms with E-state index in [1.54, 1.807) is 12.1 Å². The first-order valence-electron chi connectivity index (χ1n) is 11.0. The number of rotatable bonds is 7. The molecule has 4 heterocycles. The molecule has 0 saturated heterocycles. The van der Waals surface area contributed by atoms with Crippen LogP contribution in [0, 0.1) is 6.92 Å². The van der Waals surface area contributed by atoms with Crippen molar-refractivity contribution in [3.05, 3.63) is 66.2 Å². The molecule has 0 fully saturated rings. The third-order valence-electron chi connectivity index (χ3n) is 4.57. The Morgan fingerprint density at radius 3 is 2.57 bits per heavy atom. The molecule has 4 N–H and O–H groups in total. The minimum atomic E-state index is -4.42. The molecule has 0 saturated carbocycles. The topological polar surface area (TPSA) is 154 Å². The number of hydrogen-bond donors (Lipinski definition) is 3. The van der Waals surface area contributed by atoms with E-state index >= 15 is 0 Å². The Labute approximate surface area is 208 Å². The summed E-state index contributed by atoms with van der Waals surface area (Å²) >= 11 is 0. The minimum absolute atomic E-state index is 0.0239. The molecule has 0 spiro atoms. The Morgan fingerprint density at radius 1 is 1.16 bits per heavy atom. The number of carbonyl (C=O) groups excluding carboxylic acids is 2. The number of aryl methyl sites for hydroxylation is 1. The fourth-order valence-electron chi connectivity index (χ4n) is 2.92. The van der Waals surface area contributed by atoms with E-state index in [-0.39, 0.29) is 28.8 Å². The molecule has 4 aromatic rings. The fourth-order valence-corrected chi connectivity index (χ4v) is 2.92. The lowest BCUT2D eigenvalue weighted by molar-refractivity contribution is -0.115. The second-order valence-electron chi connectivity index (χ2n) is 7.25. The number of anilines is 2. The van der Waals surface area contributed by atoms with Crippen molar-refractivity contribution in [3.8, 4) is 17.1 Å². The number of pyridine rings is 2. The molecule has 11 nitrogen and oxygen atoms in total. The number of nitrogens with zero attached hydrogens (tertiary/aromatic N) is 5. The average molecular weight is 516 g/mol. The van der Waals surface area contributed by atoms with Crippen molar-refractivity contribution in [2.45, 2.75) is 26.9 Å². The number of nitrogens with two attached hydrogens (primary N) is 1. The van der Waals surface area contributed by atoms with Crippen LogP contribution in [0.5, 0.6) is 0 Å². The van der Waals surface area contributed by atoms with Crippen LogP contribution in [-0.2, 0) is 0 Å². The van der Waals surface area contributed by atoms with Gasteiger partial charge in [0.25, 0.3) is 11.8 Å². The van der Waals surface area contributed by atoms with Gasteiger partial charge in [0.2, 0.25) is 5.89 Å². The zero-order valence-electron chi connectivity index (χ0n) is 20.0. The quantitative estimate of drug-likeness (QED) is 0.333. The van der Waals surface area contributed by atoms with Crippen LogP contribution in [0.2, 0.25) is 0 Å². The number of nitrogens with one attached hydrogen (secondary N) is 2. The molecule has 0 bridgehead atoms. The third kappa shape index (κ3) is 6.90. The van der Waals surface area contributed by atoms with Gasteiger partial charge in [0.05, 0.1) is 23.8 Å². The number of oxazole rings is 1. The van der Waals surface area contributed by atoms with Crippen LogP contribution in [0.4, 0.5) is 24.7 Å². The summed E-state index contributed by atoms with van der Waals surface area (Å²) in [6, 6.07) is 6.22. The molecule has 0 aromatic carbocycles. The van der Waals surface area contributed by atoms with E-state index in [0.29, 0.717) is 11.3 Å². The standard InChI is InChI=1S/C21H17F3N8O3.C2H6/c1-11-2-3-13(7-27-11)32-8-14(17(31-32)18(25)33)29-19(34)15-9-35-20(30-15)12-4-5-26-16(6-12)28-10-21(22,23)24;1-2/h2-9H,10H2,1H3,(H2,25,33)(H,26,28)(H,29,34);1-2H3. The van der Waals surface area contributed by atoms with Gasteiger partial charge in [-0.2, -0.15) is 18.3 Å². The lowest BCUT2D eigenvalue weighted by Crippen LogP contribution is -2.21. The molecule has 14 heteroatoms. The normalized spacial score (nSPS) is 10.9. The van der Waals surface area contributed by atoms with Crippen molar-refractivity contribution in [1.29, 1.82) is 0 Å². The van der Waals surface area contributed by atoms with Crippen molar-refractivity contribution < 1.29 is 27.2 Å². The monoisotopic (exact) mass is 516 g/mol. The zero-order valence-corrected chi connectivity index (χ0v) is 20.0. The summed E-state index contributed by atoms with van der Waals surface area (Å²) in [5.41, 5.74) is 6.71. The fraction of sp³-hybridized carbons (Fsp3) is 0.217. The maximum absolute atomic E-state index is 12.7. The van der Waals surface area contributed by atoms with Gasteiger partial charge in [-0.05, 0) is 31.2 Å². The first kappa shape index (κ1) is 26.8. The Hall–Kier alpha value is -4.75. The second kappa shape index (κ2) is 11.3. The summed E-state index contributed by atoms with van der Waals surface area (Å²) in [5.74, 6) is -1.67. The first-order valence-corrected chi connectivity index (χ1v) is 11.0. The molecular weight excluding hydrogens is 493 g/mol. The lowest BCUT2D eigenvalue weighted by Gasteiger charge is -2.08. The van der Waals surface area contributed by atoms with Crippen LogP contribution < -0.4 is 16.4 Å². The molecule has 0 aliphatic heterocycles. The highest BCUT2D eigenvalue weighted by Gasteiger charge is 2.27. The van der Waals surface area contributed by atoms with Gasteiger partial charge in [0.15, 0.2) is 11.4 Å². The molecule has 4 aromatic heterocycles. The number of hydrogen-bond acceptors (Lipinski definition) is 8. The number of amides is 2. The molecule has 37 heavy (non-hydrogen) atoms. The van der Waals surface area contributed by atoms with Crippen molar-refractivity contribution in [2.75, 3.05) is 17.2 Å². The largest absolute Gasteiger partial charge is 0.444 e. The highest BCUT2D eigenvalue weighted by Crippen LogP contribution is 2.23. The Balaban J connectivity index is 0.00000186. The molecule has 0 radical (unpaired) electrons. The maximum atomic E-state index is 12.7. The number of halogens is 3. The van der Waals surface area contributed by atoms with E-state index in [1.165, 1.54) is 35.4 Å². The number of aromatic nitrogens is 5. The van der Waals surface area contributed by atoms with Crippen LogP contribution in [0.25, 0.3) is 17.1 Å². The average Bonchev–Trinajstić information content (AvgIpc) is 3.52. The van der Waals surface area contributed by atoms with Gasteiger partial charge in [-0.3, -0.25) is 14.6 Å². The molecule has 0 aliphatic rings. The highest BCUT2D eigenvalue weighted by atomic mass is 19.4. The molecular formula is C23H23F3N8O3. The van der Waals surface area contributed by atoms with Gasteiger partial charge in [-0.25, -0.2) is 14.6 Å². The molecule has 2 amide bonds. The Kier molecular flexibility index (Phi) is 8.22. The third-order valence-corrected chi connectivity index (χ3v) is 4.57. The van der Waals surface area contributed by atoms with Gasteiger partial charge in [-0.15, -0.1) is 0 Å². The van der Waals surface area contributed by atoms with Crippen molar-refractivity contribution in [2.24, 2.45) is 5.73 Å². The molecule has 0 atom stereocenters. The summed E-state index contributed by atoms with van der Waals surface area (Å²) in [7, 11) is 0. The van der Waals surface area contributed by atoms with Crippen LogP contribution in [0.15, 0.2) is 53.5 Å². The van der Waals surface area contributed by atoms with Gasteiger partial charge >= 0.3 is 6.18 Å². The first-order chi connectivity index (χ1) is 17.6. The Bertz CT molecular complexity index is 1380. The SMILES string of the molecule is CC.Cc1ccc(-n2cc(NC(=O)c3coc(-c4ccnc(NCC(F)(F)F)c4)n3)c(C(N)=O)n2)cn1. The van der Waals surface area contributed by atoms with E-state index < -0.39 is 24.5 Å². The maximum Gasteiger partial charge on any atom is 0.405 e. The van der Waals surface area contributed by atoms with Gasteiger partial charge < -0.3 is 20.8 Å².